The number of nitrogens with zero attached hydrogens (tertiary/aromatic N) is 2. The molecule has 6 heteroatoms. The second kappa shape index (κ2) is 6.32. The Balaban J connectivity index is 1.43. The summed E-state index contributed by atoms with van der Waals surface area (Å²) in [6, 6.07) is 3.09. The number of amides is 2. The second-order valence-electron chi connectivity index (χ2n) is 7.72. The molecule has 1 aromatic heterocycles. The Morgan fingerprint density at radius 3 is 2.72 bits per heavy atom. The first-order chi connectivity index (χ1) is 12.1. The maximum absolute atomic E-state index is 13.1. The molecule has 0 aromatic carbocycles. The van der Waals surface area contributed by atoms with Crippen LogP contribution in [0.2, 0.25) is 0 Å². The summed E-state index contributed by atoms with van der Waals surface area (Å²) >= 11 is 0. The highest BCUT2D eigenvalue weighted by molar-refractivity contribution is 6.42. The van der Waals surface area contributed by atoms with Crippen LogP contribution in [0.3, 0.4) is 0 Å². The van der Waals surface area contributed by atoms with Gasteiger partial charge in [-0.2, -0.15) is 0 Å². The van der Waals surface area contributed by atoms with Crippen LogP contribution in [0, 0.1) is 11.3 Å². The van der Waals surface area contributed by atoms with Gasteiger partial charge in [-0.25, -0.2) is 0 Å². The number of hydrogen-bond acceptors (Lipinski definition) is 4. The summed E-state index contributed by atoms with van der Waals surface area (Å²) in [4.78, 5) is 41.3. The van der Waals surface area contributed by atoms with E-state index in [9.17, 15) is 14.4 Å². The SMILES string of the molecule is O=C(C(=O)N1CC[C@]2(CCCN(CC3CCC3)C2=O)C1)c1ccco1. The van der Waals surface area contributed by atoms with Crippen LogP contribution in [0.1, 0.15) is 49.1 Å². The summed E-state index contributed by atoms with van der Waals surface area (Å²) in [6.07, 6.45) is 7.55. The molecule has 2 saturated heterocycles. The lowest BCUT2D eigenvalue weighted by molar-refractivity contribution is -0.147. The molecule has 1 atom stereocenters. The van der Waals surface area contributed by atoms with Crippen LogP contribution >= 0.6 is 0 Å². The van der Waals surface area contributed by atoms with Crippen molar-refractivity contribution in [2.75, 3.05) is 26.2 Å². The molecule has 4 rings (SSSR count). The van der Waals surface area contributed by atoms with E-state index in [0.717, 1.165) is 25.9 Å². The predicted octanol–water partition coefficient (Wildman–Crippen LogP) is 2.10. The van der Waals surface area contributed by atoms with Gasteiger partial charge in [0.2, 0.25) is 5.91 Å². The zero-order valence-electron chi connectivity index (χ0n) is 14.4. The average Bonchev–Trinajstić information content (AvgIpc) is 3.24. The molecule has 2 amide bonds. The van der Waals surface area contributed by atoms with E-state index in [2.05, 4.69) is 0 Å². The van der Waals surface area contributed by atoms with E-state index in [1.807, 2.05) is 4.90 Å². The Kier molecular flexibility index (Phi) is 4.13. The van der Waals surface area contributed by atoms with Gasteiger partial charge in [0.15, 0.2) is 5.76 Å². The number of likely N-dealkylation sites (tertiary alicyclic amines) is 2. The van der Waals surface area contributed by atoms with Gasteiger partial charge in [-0.3, -0.25) is 14.4 Å². The molecular weight excluding hydrogens is 320 g/mol. The molecule has 1 saturated carbocycles. The van der Waals surface area contributed by atoms with Crippen molar-refractivity contribution in [3.8, 4) is 0 Å². The van der Waals surface area contributed by atoms with Crippen molar-refractivity contribution in [3.63, 3.8) is 0 Å². The van der Waals surface area contributed by atoms with Crippen LogP contribution in [0.15, 0.2) is 22.8 Å². The van der Waals surface area contributed by atoms with Gasteiger partial charge < -0.3 is 14.2 Å². The molecule has 3 fully saturated rings. The molecule has 1 spiro atoms. The van der Waals surface area contributed by atoms with Crippen molar-refractivity contribution in [1.29, 1.82) is 0 Å². The maximum Gasteiger partial charge on any atom is 0.298 e. The highest BCUT2D eigenvalue weighted by Crippen LogP contribution is 2.41. The minimum atomic E-state index is -0.628. The minimum absolute atomic E-state index is 0.0625. The molecule has 1 aromatic rings. The van der Waals surface area contributed by atoms with Crippen molar-refractivity contribution in [2.45, 2.75) is 38.5 Å². The van der Waals surface area contributed by atoms with Crippen LogP contribution in [0.5, 0.6) is 0 Å². The quantitative estimate of drug-likeness (QED) is 0.619. The summed E-state index contributed by atoms with van der Waals surface area (Å²) in [5, 5.41) is 0. The van der Waals surface area contributed by atoms with Gasteiger partial charge in [0.1, 0.15) is 0 Å². The fourth-order valence-corrected chi connectivity index (χ4v) is 4.39. The lowest BCUT2D eigenvalue weighted by Gasteiger charge is -2.42. The zero-order valence-corrected chi connectivity index (χ0v) is 14.4. The molecule has 0 radical (unpaired) electrons. The Hall–Kier alpha value is -2.11. The first kappa shape index (κ1) is 16.4. The highest BCUT2D eigenvalue weighted by atomic mass is 16.3. The van der Waals surface area contributed by atoms with Crippen molar-refractivity contribution in [1.82, 2.24) is 9.80 Å². The number of piperidine rings is 1. The lowest BCUT2D eigenvalue weighted by Crippen LogP contribution is -2.52. The molecule has 134 valence electrons. The number of hydrogen-bond donors (Lipinski definition) is 0. The summed E-state index contributed by atoms with van der Waals surface area (Å²) in [7, 11) is 0. The van der Waals surface area contributed by atoms with Gasteiger partial charge in [0.25, 0.3) is 11.7 Å². The van der Waals surface area contributed by atoms with Gasteiger partial charge >= 0.3 is 0 Å². The lowest BCUT2D eigenvalue weighted by atomic mass is 9.77. The van der Waals surface area contributed by atoms with Crippen LogP contribution in [-0.4, -0.2) is 53.6 Å². The topological polar surface area (TPSA) is 70.8 Å². The largest absolute Gasteiger partial charge is 0.461 e. The summed E-state index contributed by atoms with van der Waals surface area (Å²) in [6.45, 7) is 2.52. The monoisotopic (exact) mass is 344 g/mol. The van der Waals surface area contributed by atoms with Crippen LogP contribution in [0.4, 0.5) is 0 Å². The number of rotatable bonds is 4. The van der Waals surface area contributed by atoms with E-state index in [1.165, 1.54) is 36.5 Å². The third kappa shape index (κ3) is 2.87. The maximum atomic E-state index is 13.1. The number of carbonyl (C=O) groups excluding carboxylic acids is 3. The van der Waals surface area contributed by atoms with Crippen molar-refractivity contribution in [2.24, 2.45) is 11.3 Å². The van der Waals surface area contributed by atoms with Gasteiger partial charge in [0.05, 0.1) is 11.7 Å². The van der Waals surface area contributed by atoms with Gasteiger partial charge in [-0.1, -0.05) is 6.42 Å². The molecule has 6 nitrogen and oxygen atoms in total. The van der Waals surface area contributed by atoms with Crippen molar-refractivity contribution in [3.05, 3.63) is 24.2 Å². The van der Waals surface area contributed by atoms with E-state index in [4.69, 9.17) is 4.42 Å². The first-order valence-electron chi connectivity index (χ1n) is 9.26. The highest BCUT2D eigenvalue weighted by Gasteiger charge is 2.50. The Bertz CT molecular complexity index is 680. The number of ketones is 1. The number of furan rings is 1. The molecule has 2 aliphatic heterocycles. The van der Waals surface area contributed by atoms with E-state index in [1.54, 1.807) is 6.07 Å². The third-order valence-corrected chi connectivity index (χ3v) is 6.11. The molecule has 25 heavy (non-hydrogen) atoms. The standard InChI is InChI=1S/C19H24N2O4/c22-16(15-6-2-11-25-15)17(23)21-10-8-19(13-21)7-3-9-20(18(19)24)12-14-4-1-5-14/h2,6,11,14H,1,3-5,7-10,12-13H2/t19-/m1/s1. The Morgan fingerprint density at radius 1 is 1.20 bits per heavy atom. The average molecular weight is 344 g/mol. The van der Waals surface area contributed by atoms with E-state index in [0.29, 0.717) is 25.4 Å². The molecule has 3 heterocycles. The Morgan fingerprint density at radius 2 is 2.04 bits per heavy atom. The number of Topliss-reactive ketones (excluding diaryl/α,β-unsaturated/α-hetero) is 1. The van der Waals surface area contributed by atoms with Crippen molar-refractivity contribution < 1.29 is 18.8 Å². The summed E-state index contributed by atoms with van der Waals surface area (Å²) in [5.74, 6) is -0.287. The van der Waals surface area contributed by atoms with Gasteiger partial charge in [0, 0.05) is 26.2 Å². The van der Waals surface area contributed by atoms with Crippen LogP contribution in [-0.2, 0) is 9.59 Å². The van der Waals surface area contributed by atoms with E-state index in [-0.39, 0.29) is 11.7 Å². The summed E-state index contributed by atoms with van der Waals surface area (Å²) < 4.78 is 5.04. The van der Waals surface area contributed by atoms with Gasteiger partial charge in [-0.15, -0.1) is 0 Å². The first-order valence-corrected chi connectivity index (χ1v) is 9.26. The molecule has 3 aliphatic rings. The number of carbonyl (C=O) groups is 3. The van der Waals surface area contributed by atoms with Crippen molar-refractivity contribution >= 4 is 17.6 Å². The normalized spacial score (nSPS) is 27.0. The molecule has 1 aliphatic carbocycles. The molecular formula is C19H24N2O4. The smallest absolute Gasteiger partial charge is 0.298 e. The zero-order chi connectivity index (χ0) is 17.4. The van der Waals surface area contributed by atoms with E-state index < -0.39 is 17.1 Å². The predicted molar refractivity (Wildman–Crippen MR) is 89.8 cm³/mol. The third-order valence-electron chi connectivity index (χ3n) is 6.11. The Labute approximate surface area is 147 Å². The van der Waals surface area contributed by atoms with E-state index >= 15 is 0 Å². The second-order valence-corrected chi connectivity index (χ2v) is 7.72. The molecule has 0 bridgehead atoms. The molecule has 0 unspecified atom stereocenters. The van der Waals surface area contributed by atoms with Gasteiger partial charge in [-0.05, 0) is 50.2 Å². The van der Waals surface area contributed by atoms with Crippen LogP contribution < -0.4 is 0 Å². The summed E-state index contributed by atoms with van der Waals surface area (Å²) in [5.41, 5.74) is -0.485. The van der Waals surface area contributed by atoms with Crippen LogP contribution in [0.25, 0.3) is 0 Å². The fourth-order valence-electron chi connectivity index (χ4n) is 4.39. The molecule has 0 N–H and O–H groups in total. The fraction of sp³-hybridized carbons (Fsp3) is 0.632. The minimum Gasteiger partial charge on any atom is -0.461 e.